The summed E-state index contributed by atoms with van der Waals surface area (Å²) in [7, 11) is 1.96. The molecule has 3 rings (SSSR count). The minimum absolute atomic E-state index is 0.0167. The predicted molar refractivity (Wildman–Crippen MR) is 84.9 cm³/mol. The molecule has 0 radical (unpaired) electrons. The van der Waals surface area contributed by atoms with Crippen LogP contribution in [0.5, 0.6) is 0 Å². The highest BCUT2D eigenvalue weighted by Crippen LogP contribution is 2.22. The highest BCUT2D eigenvalue weighted by molar-refractivity contribution is 7.98. The van der Waals surface area contributed by atoms with Crippen LogP contribution in [0.4, 0.5) is 0 Å². The number of amides is 1. The van der Waals surface area contributed by atoms with E-state index in [-0.39, 0.29) is 5.91 Å². The molecule has 1 saturated heterocycles. The van der Waals surface area contributed by atoms with Gasteiger partial charge in [-0.15, -0.1) is 0 Å². The van der Waals surface area contributed by atoms with Crippen molar-refractivity contribution in [3.05, 3.63) is 36.0 Å². The van der Waals surface area contributed by atoms with Gasteiger partial charge in [-0.1, -0.05) is 11.8 Å². The number of aromatic nitrogens is 2. The summed E-state index contributed by atoms with van der Waals surface area (Å²) in [6.45, 7) is 3.32. The SMILES string of the molecule is Cn1ccnc1SCc1ccc(C(=O)N2CCCNCC2)o1. The van der Waals surface area contributed by atoms with Crippen LogP contribution >= 0.6 is 11.8 Å². The fourth-order valence-electron chi connectivity index (χ4n) is 2.40. The van der Waals surface area contributed by atoms with E-state index in [4.69, 9.17) is 4.42 Å². The summed E-state index contributed by atoms with van der Waals surface area (Å²) in [4.78, 5) is 18.5. The normalized spacial score (nSPS) is 15.8. The Hall–Kier alpha value is -1.73. The number of aryl methyl sites for hydroxylation is 1. The van der Waals surface area contributed by atoms with Crippen LogP contribution in [0.25, 0.3) is 0 Å². The molecule has 1 fully saturated rings. The molecule has 118 valence electrons. The van der Waals surface area contributed by atoms with Gasteiger partial charge >= 0.3 is 0 Å². The quantitative estimate of drug-likeness (QED) is 0.870. The van der Waals surface area contributed by atoms with E-state index < -0.39 is 0 Å². The molecule has 22 heavy (non-hydrogen) atoms. The highest BCUT2D eigenvalue weighted by atomic mass is 32.2. The first-order valence-electron chi connectivity index (χ1n) is 7.43. The molecule has 0 atom stereocenters. The second-order valence-electron chi connectivity index (χ2n) is 5.27. The molecular weight excluding hydrogens is 300 g/mol. The smallest absolute Gasteiger partial charge is 0.289 e. The molecule has 3 heterocycles. The van der Waals surface area contributed by atoms with Crippen molar-refractivity contribution in [1.29, 1.82) is 0 Å². The Morgan fingerprint density at radius 1 is 1.41 bits per heavy atom. The van der Waals surface area contributed by atoms with Gasteiger partial charge in [-0.05, 0) is 25.1 Å². The number of furan rings is 1. The number of thioether (sulfide) groups is 1. The van der Waals surface area contributed by atoms with Gasteiger partial charge in [0, 0.05) is 39.1 Å². The lowest BCUT2D eigenvalue weighted by molar-refractivity contribution is 0.0733. The first-order chi connectivity index (χ1) is 10.7. The van der Waals surface area contributed by atoms with E-state index in [1.165, 1.54) is 0 Å². The maximum absolute atomic E-state index is 12.4. The lowest BCUT2D eigenvalue weighted by Gasteiger charge is -2.18. The van der Waals surface area contributed by atoms with Crippen molar-refractivity contribution in [2.24, 2.45) is 7.05 Å². The topological polar surface area (TPSA) is 63.3 Å². The zero-order valence-corrected chi connectivity index (χ0v) is 13.4. The van der Waals surface area contributed by atoms with Gasteiger partial charge in [-0.3, -0.25) is 4.79 Å². The van der Waals surface area contributed by atoms with Crippen LogP contribution in [0.1, 0.15) is 22.7 Å². The number of hydrogen-bond acceptors (Lipinski definition) is 5. The Morgan fingerprint density at radius 3 is 3.14 bits per heavy atom. The van der Waals surface area contributed by atoms with Gasteiger partial charge in [0.25, 0.3) is 5.91 Å². The van der Waals surface area contributed by atoms with Crippen molar-refractivity contribution in [1.82, 2.24) is 19.8 Å². The van der Waals surface area contributed by atoms with Crippen molar-refractivity contribution in [2.45, 2.75) is 17.3 Å². The minimum Gasteiger partial charge on any atom is -0.455 e. The molecule has 1 aliphatic rings. The maximum Gasteiger partial charge on any atom is 0.289 e. The Balaban J connectivity index is 1.60. The van der Waals surface area contributed by atoms with E-state index in [1.54, 1.807) is 24.0 Å². The van der Waals surface area contributed by atoms with Crippen molar-refractivity contribution in [2.75, 3.05) is 26.2 Å². The summed E-state index contributed by atoms with van der Waals surface area (Å²) < 4.78 is 7.67. The first-order valence-corrected chi connectivity index (χ1v) is 8.41. The van der Waals surface area contributed by atoms with E-state index in [0.717, 1.165) is 43.5 Å². The number of hydrogen-bond donors (Lipinski definition) is 1. The molecule has 2 aromatic rings. The van der Waals surface area contributed by atoms with E-state index in [2.05, 4.69) is 10.3 Å². The van der Waals surface area contributed by atoms with Crippen LogP contribution in [0.15, 0.2) is 34.1 Å². The maximum atomic E-state index is 12.4. The van der Waals surface area contributed by atoms with E-state index in [0.29, 0.717) is 11.5 Å². The Bertz CT molecular complexity index is 629. The lowest BCUT2D eigenvalue weighted by Crippen LogP contribution is -2.33. The molecule has 0 aliphatic carbocycles. The molecule has 0 unspecified atom stereocenters. The number of rotatable bonds is 4. The van der Waals surface area contributed by atoms with Crippen LogP contribution in [0.2, 0.25) is 0 Å². The average molecular weight is 320 g/mol. The molecule has 6 nitrogen and oxygen atoms in total. The number of nitrogens with one attached hydrogen (secondary N) is 1. The third-order valence-corrected chi connectivity index (χ3v) is 4.70. The summed E-state index contributed by atoms with van der Waals surface area (Å²) in [5, 5.41) is 4.23. The monoisotopic (exact) mass is 320 g/mol. The van der Waals surface area contributed by atoms with Gasteiger partial charge in [0.15, 0.2) is 10.9 Å². The van der Waals surface area contributed by atoms with Crippen LogP contribution in [0, 0.1) is 0 Å². The molecule has 1 N–H and O–H groups in total. The molecule has 0 aromatic carbocycles. The van der Waals surface area contributed by atoms with Crippen molar-refractivity contribution >= 4 is 17.7 Å². The zero-order valence-electron chi connectivity index (χ0n) is 12.6. The van der Waals surface area contributed by atoms with Crippen molar-refractivity contribution < 1.29 is 9.21 Å². The summed E-state index contributed by atoms with van der Waals surface area (Å²) in [5.41, 5.74) is 0. The van der Waals surface area contributed by atoms with E-state index >= 15 is 0 Å². The van der Waals surface area contributed by atoms with Gasteiger partial charge < -0.3 is 19.2 Å². The fourth-order valence-corrected chi connectivity index (χ4v) is 3.23. The number of imidazole rings is 1. The molecular formula is C15H20N4O2S. The molecule has 0 spiro atoms. The molecule has 0 bridgehead atoms. The van der Waals surface area contributed by atoms with Crippen LogP contribution < -0.4 is 5.32 Å². The zero-order chi connectivity index (χ0) is 15.4. The van der Waals surface area contributed by atoms with E-state index in [1.807, 2.05) is 28.8 Å². The van der Waals surface area contributed by atoms with Gasteiger partial charge in [-0.2, -0.15) is 0 Å². The van der Waals surface area contributed by atoms with Crippen molar-refractivity contribution in [3.8, 4) is 0 Å². The van der Waals surface area contributed by atoms with Crippen LogP contribution in [-0.4, -0.2) is 46.5 Å². The number of carbonyl (C=O) groups excluding carboxylic acids is 1. The van der Waals surface area contributed by atoms with E-state index in [9.17, 15) is 4.79 Å². The molecule has 0 saturated carbocycles. The minimum atomic E-state index is -0.0167. The van der Waals surface area contributed by atoms with Crippen LogP contribution in [-0.2, 0) is 12.8 Å². The Labute approximate surface area is 133 Å². The van der Waals surface area contributed by atoms with Gasteiger partial charge in [0.1, 0.15) is 5.76 Å². The Kier molecular flexibility index (Phi) is 4.84. The van der Waals surface area contributed by atoms with Crippen molar-refractivity contribution in [3.63, 3.8) is 0 Å². The largest absolute Gasteiger partial charge is 0.455 e. The molecule has 7 heteroatoms. The standard InChI is InChI=1S/C15H20N4O2S/c1-18-9-7-17-15(18)22-11-12-3-4-13(21-12)14(20)19-8-2-5-16-6-10-19/h3-4,7,9,16H,2,5-6,8,10-11H2,1H3. The molecule has 1 aliphatic heterocycles. The number of carbonyl (C=O) groups is 1. The van der Waals surface area contributed by atoms with Gasteiger partial charge in [-0.25, -0.2) is 4.98 Å². The second kappa shape index (κ2) is 7.02. The third kappa shape index (κ3) is 3.53. The van der Waals surface area contributed by atoms with Gasteiger partial charge in [0.05, 0.1) is 5.75 Å². The first kappa shape index (κ1) is 15.2. The summed E-state index contributed by atoms with van der Waals surface area (Å²) in [6.07, 6.45) is 4.66. The summed E-state index contributed by atoms with van der Waals surface area (Å²) in [6, 6.07) is 3.65. The van der Waals surface area contributed by atoms with Crippen LogP contribution in [0.3, 0.4) is 0 Å². The summed E-state index contributed by atoms with van der Waals surface area (Å²) >= 11 is 1.59. The molecule has 1 amide bonds. The second-order valence-corrected chi connectivity index (χ2v) is 6.21. The molecule has 2 aromatic heterocycles. The lowest BCUT2D eigenvalue weighted by atomic mass is 10.3. The average Bonchev–Trinajstić information content (AvgIpc) is 3.05. The summed E-state index contributed by atoms with van der Waals surface area (Å²) in [5.74, 6) is 1.87. The fraction of sp³-hybridized carbons (Fsp3) is 0.467. The predicted octanol–water partition coefficient (Wildman–Crippen LogP) is 1.74. The number of nitrogens with zero attached hydrogens (tertiary/aromatic N) is 3. The highest BCUT2D eigenvalue weighted by Gasteiger charge is 2.20. The van der Waals surface area contributed by atoms with Gasteiger partial charge in [0.2, 0.25) is 0 Å². The Morgan fingerprint density at radius 2 is 2.32 bits per heavy atom. The third-order valence-electron chi connectivity index (χ3n) is 3.62.